The van der Waals surface area contributed by atoms with E-state index >= 15 is 0 Å². The molecule has 0 rings (SSSR count). The summed E-state index contributed by atoms with van der Waals surface area (Å²) >= 11 is 0. The third-order valence-electron chi connectivity index (χ3n) is 8.65. The number of hydrogen-bond acceptors (Lipinski definition) is 6. The maximum Gasteiger partial charge on any atom is 0.303 e. The number of rotatable bonds is 35. The molecule has 0 aromatic carbocycles. The van der Waals surface area contributed by atoms with Crippen LogP contribution in [-0.2, 0) is 14.4 Å². The molecule has 0 aliphatic heterocycles. The van der Waals surface area contributed by atoms with E-state index in [9.17, 15) is 14.4 Å². The Kier molecular flexibility index (Phi) is 57.8. The van der Waals surface area contributed by atoms with Crippen LogP contribution in [0.15, 0.2) is 0 Å². The van der Waals surface area contributed by atoms with Crippen molar-refractivity contribution in [2.24, 2.45) is 0 Å². The van der Waals surface area contributed by atoms with Crippen molar-refractivity contribution >= 4 is 17.9 Å². The molecule has 0 heterocycles. The second-order valence-electron chi connectivity index (χ2n) is 14.0. The normalized spacial score (nSPS) is 10.4. The first-order valence-corrected chi connectivity index (χ1v) is 21.2. The van der Waals surface area contributed by atoms with E-state index in [1.807, 2.05) is 0 Å². The Hall–Kier alpha value is -1.71. The number of carboxylic acid groups (broad SMARTS) is 3. The number of carboxylic acids is 3. The first kappa shape index (κ1) is 56.0. The van der Waals surface area contributed by atoms with Crippen LogP contribution in [0.2, 0.25) is 0 Å². The third-order valence-corrected chi connectivity index (χ3v) is 8.65. The predicted molar refractivity (Wildman–Crippen MR) is 212 cm³/mol. The summed E-state index contributed by atoms with van der Waals surface area (Å²) in [5, 5.41) is 49.3. The molecule has 0 aliphatic carbocycles. The van der Waals surface area contributed by atoms with Gasteiger partial charge in [-0.1, -0.05) is 194 Å². The zero-order valence-corrected chi connectivity index (χ0v) is 33.7. The smallest absolute Gasteiger partial charge is 0.303 e. The fourth-order valence-corrected chi connectivity index (χ4v) is 5.35. The molecule has 0 saturated carbocycles. The summed E-state index contributed by atoms with van der Waals surface area (Å²) in [5.41, 5.74) is 0. The Balaban J connectivity index is -0.000000300. The number of aliphatic hydroxyl groups is 3. The van der Waals surface area contributed by atoms with Gasteiger partial charge in [0.15, 0.2) is 0 Å². The molecule has 0 atom stereocenters. The van der Waals surface area contributed by atoms with Crippen molar-refractivity contribution in [1.29, 1.82) is 0 Å². The monoisotopic (exact) mass is 735 g/mol. The Morgan fingerprint density at radius 2 is 0.490 bits per heavy atom. The predicted octanol–water partition coefficient (Wildman–Crippen LogP) is 11.5. The fourth-order valence-electron chi connectivity index (χ4n) is 5.35. The molecular weight excluding hydrogens is 648 g/mol. The molecule has 0 spiro atoms. The van der Waals surface area contributed by atoms with Gasteiger partial charge in [-0.2, -0.15) is 0 Å². The quantitative estimate of drug-likeness (QED) is 0.0346. The lowest BCUT2D eigenvalue weighted by Crippen LogP contribution is -2.15. The van der Waals surface area contributed by atoms with Crippen molar-refractivity contribution in [3.63, 3.8) is 0 Å². The van der Waals surface area contributed by atoms with Crippen molar-refractivity contribution in [2.45, 2.75) is 239 Å². The third kappa shape index (κ3) is 70.6. The molecule has 0 saturated heterocycles. The highest BCUT2D eigenvalue weighted by Gasteiger charge is 1.99. The minimum absolute atomic E-state index is 0.344. The van der Waals surface area contributed by atoms with Gasteiger partial charge in [-0.15, -0.1) is 0 Å². The lowest BCUT2D eigenvalue weighted by molar-refractivity contribution is -0.138. The van der Waals surface area contributed by atoms with Crippen molar-refractivity contribution in [3.05, 3.63) is 0 Å². The van der Waals surface area contributed by atoms with Gasteiger partial charge in [0, 0.05) is 19.3 Å². The maximum absolute atomic E-state index is 10.2. The summed E-state index contributed by atoms with van der Waals surface area (Å²) < 4.78 is 0. The molecule has 9 heteroatoms. The molecule has 0 aliphatic rings. The van der Waals surface area contributed by atoms with Gasteiger partial charge >= 0.3 is 17.9 Å². The molecular formula is C42H86O9. The molecule has 9 nitrogen and oxygen atoms in total. The Bertz CT molecular complexity index is 588. The average Bonchev–Trinajstić information content (AvgIpc) is 3.10. The van der Waals surface area contributed by atoms with Crippen LogP contribution >= 0.6 is 0 Å². The molecule has 308 valence electrons. The van der Waals surface area contributed by atoms with E-state index in [2.05, 4.69) is 20.8 Å². The number of aliphatic hydroxyl groups excluding tert-OH is 3. The second-order valence-corrected chi connectivity index (χ2v) is 14.0. The van der Waals surface area contributed by atoms with Gasteiger partial charge < -0.3 is 30.6 Å². The van der Waals surface area contributed by atoms with Crippen molar-refractivity contribution in [1.82, 2.24) is 0 Å². The fraction of sp³-hybridized carbons (Fsp3) is 0.929. The molecule has 0 aromatic rings. The van der Waals surface area contributed by atoms with E-state index in [1.165, 1.54) is 154 Å². The SMILES string of the molecule is CCCCCCCCCCCCC(=O)O.CCCCCCCCCCCCC(=O)O.CCCCCCCCCCCCC(=O)O.OCC(O)CO. The van der Waals surface area contributed by atoms with Gasteiger partial charge in [0.1, 0.15) is 6.10 Å². The van der Waals surface area contributed by atoms with E-state index in [1.54, 1.807) is 0 Å². The molecule has 0 fully saturated rings. The Morgan fingerprint density at radius 1 is 0.333 bits per heavy atom. The minimum Gasteiger partial charge on any atom is -0.481 e. The first-order valence-electron chi connectivity index (χ1n) is 21.2. The Labute approximate surface area is 314 Å². The van der Waals surface area contributed by atoms with Crippen LogP contribution in [0.3, 0.4) is 0 Å². The average molecular weight is 735 g/mol. The van der Waals surface area contributed by atoms with Crippen LogP contribution in [0.1, 0.15) is 233 Å². The van der Waals surface area contributed by atoms with Gasteiger partial charge in [-0.3, -0.25) is 14.4 Å². The Morgan fingerprint density at radius 3 is 0.608 bits per heavy atom. The van der Waals surface area contributed by atoms with E-state index in [4.69, 9.17) is 30.6 Å². The van der Waals surface area contributed by atoms with Gasteiger partial charge in [0.2, 0.25) is 0 Å². The number of aliphatic carboxylic acids is 3. The standard InChI is InChI=1S/3C13H26O2.C3H8O3/c3*1-2-3-4-5-6-7-8-9-10-11-12-13(14)15;4-1-3(6)2-5/h3*2-12H2,1H3,(H,14,15);3-6H,1-2H2. The summed E-state index contributed by atoms with van der Waals surface area (Å²) in [6.45, 7) is 5.99. The lowest BCUT2D eigenvalue weighted by Gasteiger charge is -2.01. The number of unbranched alkanes of at least 4 members (excludes halogenated alkanes) is 27. The molecule has 0 aromatic heterocycles. The second kappa shape index (κ2) is 52.6. The van der Waals surface area contributed by atoms with Crippen molar-refractivity contribution in [2.75, 3.05) is 13.2 Å². The van der Waals surface area contributed by atoms with Crippen LogP contribution in [0, 0.1) is 0 Å². The molecule has 0 radical (unpaired) electrons. The first-order chi connectivity index (χ1) is 24.6. The highest BCUT2D eigenvalue weighted by Crippen LogP contribution is 2.13. The molecule has 6 N–H and O–H groups in total. The van der Waals surface area contributed by atoms with Crippen LogP contribution in [0.5, 0.6) is 0 Å². The van der Waals surface area contributed by atoms with Gasteiger partial charge in [0.05, 0.1) is 13.2 Å². The summed E-state index contributed by atoms with van der Waals surface area (Å²) in [5.74, 6) is -1.97. The van der Waals surface area contributed by atoms with E-state index in [0.29, 0.717) is 19.3 Å². The number of hydrogen-bond donors (Lipinski definition) is 6. The molecule has 0 bridgehead atoms. The van der Waals surface area contributed by atoms with Gasteiger partial charge in [-0.25, -0.2) is 0 Å². The molecule has 0 unspecified atom stereocenters. The van der Waals surface area contributed by atoms with Crippen LogP contribution in [-0.4, -0.2) is 67.9 Å². The highest BCUT2D eigenvalue weighted by molar-refractivity contribution is 5.67. The summed E-state index contributed by atoms with van der Waals surface area (Å²) in [6.07, 6.45) is 37.8. The zero-order chi connectivity index (χ0) is 39.1. The number of carbonyl (C=O) groups is 3. The van der Waals surface area contributed by atoms with Crippen LogP contribution < -0.4 is 0 Å². The largest absolute Gasteiger partial charge is 0.481 e. The van der Waals surface area contributed by atoms with Gasteiger partial charge in [-0.05, 0) is 19.3 Å². The van der Waals surface area contributed by atoms with Crippen molar-refractivity contribution < 1.29 is 45.0 Å². The maximum atomic E-state index is 10.2. The van der Waals surface area contributed by atoms with Gasteiger partial charge in [0.25, 0.3) is 0 Å². The van der Waals surface area contributed by atoms with E-state index in [0.717, 1.165) is 38.5 Å². The van der Waals surface area contributed by atoms with Crippen molar-refractivity contribution in [3.8, 4) is 0 Å². The van der Waals surface area contributed by atoms with E-state index < -0.39 is 24.0 Å². The summed E-state index contributed by atoms with van der Waals surface area (Å²) in [7, 11) is 0. The lowest BCUT2D eigenvalue weighted by atomic mass is 10.1. The zero-order valence-electron chi connectivity index (χ0n) is 33.7. The highest BCUT2D eigenvalue weighted by atomic mass is 16.4. The topological polar surface area (TPSA) is 173 Å². The van der Waals surface area contributed by atoms with E-state index in [-0.39, 0.29) is 13.2 Å². The molecule has 51 heavy (non-hydrogen) atoms. The molecule has 0 amide bonds. The summed E-state index contributed by atoms with van der Waals surface area (Å²) in [4.78, 5) is 30.7. The minimum atomic E-state index is -0.954. The summed E-state index contributed by atoms with van der Waals surface area (Å²) in [6, 6.07) is 0. The van der Waals surface area contributed by atoms with Crippen LogP contribution in [0.4, 0.5) is 0 Å². The van der Waals surface area contributed by atoms with Crippen LogP contribution in [0.25, 0.3) is 0 Å².